The van der Waals surface area contributed by atoms with Gasteiger partial charge in [-0.15, -0.1) is 0 Å². The molecule has 22 heavy (non-hydrogen) atoms. The zero-order valence-corrected chi connectivity index (χ0v) is 11.5. The Balaban J connectivity index is 4.92. The number of alkyl halides is 8. The highest BCUT2D eigenvalue weighted by molar-refractivity contribution is 5.60. The summed E-state index contributed by atoms with van der Waals surface area (Å²) in [6, 6.07) is 0. The molecule has 0 aromatic rings. The topological polar surface area (TPSA) is 35.5 Å². The molecule has 0 aromatic carbocycles. The van der Waals surface area contributed by atoms with Gasteiger partial charge >= 0.3 is 30.9 Å². The van der Waals surface area contributed by atoms with Gasteiger partial charge in [0.1, 0.15) is 0 Å². The van der Waals surface area contributed by atoms with Crippen LogP contribution in [0.4, 0.5) is 39.9 Å². The Hall–Kier alpha value is -1.29. The lowest BCUT2D eigenvalue weighted by molar-refractivity contribution is -0.216. The lowest BCUT2D eigenvalue weighted by Crippen LogP contribution is -2.46. The Kier molecular flexibility index (Phi) is 7.36. The summed E-state index contributed by atoms with van der Waals surface area (Å²) < 4.78 is 108. The maximum absolute atomic E-state index is 13.0. The summed E-state index contributed by atoms with van der Waals surface area (Å²) >= 11 is 0. The van der Waals surface area contributed by atoms with Crippen molar-refractivity contribution in [2.75, 3.05) is 0 Å². The molecule has 11 heteroatoms. The first-order valence-electron chi connectivity index (χ1n) is 6.10. The van der Waals surface area contributed by atoms with E-state index in [4.69, 9.17) is 0 Å². The molecule has 0 fully saturated rings. The van der Waals surface area contributed by atoms with Crippen molar-refractivity contribution in [3.8, 4) is 0 Å². The van der Waals surface area contributed by atoms with Gasteiger partial charge in [-0.1, -0.05) is 13.8 Å². The van der Waals surface area contributed by atoms with Crippen molar-refractivity contribution in [1.82, 2.24) is 0 Å². The van der Waals surface area contributed by atoms with Gasteiger partial charge in [0.25, 0.3) is 0 Å². The molecular weight excluding hydrogens is 332 g/mol. The number of hydrogen-bond donors (Lipinski definition) is 0. The van der Waals surface area contributed by atoms with E-state index in [-0.39, 0.29) is 0 Å². The molecule has 0 amide bonds. The highest BCUT2D eigenvalue weighted by Gasteiger charge is 2.53. The number of halogens is 8. The molecule has 0 rings (SSSR count). The average molecular weight is 346 g/mol. The quantitative estimate of drug-likeness (QED) is 0.480. The number of carbonyl (C=O) groups excluding carboxylic acids is 1. The van der Waals surface area contributed by atoms with Gasteiger partial charge in [-0.2, -0.15) is 17.6 Å². The molecule has 3 nitrogen and oxygen atoms in total. The van der Waals surface area contributed by atoms with Gasteiger partial charge in [0.05, 0.1) is 0 Å². The van der Waals surface area contributed by atoms with Gasteiger partial charge < -0.3 is 9.47 Å². The van der Waals surface area contributed by atoms with Crippen LogP contribution in [0, 0.1) is 0 Å². The van der Waals surface area contributed by atoms with Crippen LogP contribution < -0.4 is 0 Å². The molecule has 2 unspecified atom stereocenters. The molecule has 0 aliphatic heterocycles. The van der Waals surface area contributed by atoms with Crippen LogP contribution in [0.25, 0.3) is 0 Å². The first-order chi connectivity index (χ1) is 9.91. The number of rotatable bonds is 8. The van der Waals surface area contributed by atoms with E-state index in [2.05, 4.69) is 9.47 Å². The standard InChI is InChI=1S/C11H14F8O3/c1-3-5(10(16,17)7(12)13)21-9(20)22-6(4-2)11(18,19)8(14)15/h5-8H,3-4H2,1-2H3. The maximum Gasteiger partial charge on any atom is 0.509 e. The fourth-order valence-electron chi connectivity index (χ4n) is 1.41. The third-order valence-corrected chi connectivity index (χ3v) is 2.66. The molecule has 0 bridgehead atoms. The first kappa shape index (κ1) is 20.7. The van der Waals surface area contributed by atoms with Crippen LogP contribution in [0.2, 0.25) is 0 Å². The third-order valence-electron chi connectivity index (χ3n) is 2.66. The number of ether oxygens (including phenoxy) is 2. The van der Waals surface area contributed by atoms with Gasteiger partial charge in [-0.3, -0.25) is 0 Å². The molecule has 132 valence electrons. The molecule has 2 atom stereocenters. The van der Waals surface area contributed by atoms with Crippen molar-refractivity contribution in [2.45, 2.75) is 63.6 Å². The van der Waals surface area contributed by atoms with E-state index < -0.39 is 55.9 Å². The summed E-state index contributed by atoms with van der Waals surface area (Å²) in [5, 5.41) is 0. The average Bonchev–Trinajstić information content (AvgIpc) is 2.41. The fraction of sp³-hybridized carbons (Fsp3) is 0.909. The zero-order valence-electron chi connectivity index (χ0n) is 11.5. The Morgan fingerprint density at radius 2 is 1.09 bits per heavy atom. The molecule has 0 saturated carbocycles. The van der Waals surface area contributed by atoms with Crippen LogP contribution in [0.5, 0.6) is 0 Å². The molecule has 0 aliphatic carbocycles. The van der Waals surface area contributed by atoms with Crippen LogP contribution in [0.3, 0.4) is 0 Å². The van der Waals surface area contributed by atoms with E-state index in [1.54, 1.807) is 0 Å². The van der Waals surface area contributed by atoms with Crippen molar-refractivity contribution in [3.05, 3.63) is 0 Å². The molecule has 0 aliphatic rings. The van der Waals surface area contributed by atoms with Gasteiger partial charge in [0, 0.05) is 0 Å². The molecule has 0 aromatic heterocycles. The van der Waals surface area contributed by atoms with Crippen molar-refractivity contribution in [3.63, 3.8) is 0 Å². The SMILES string of the molecule is CCC(OC(=O)OC(CC)C(F)(F)C(F)F)C(F)(F)C(F)F. The molecule has 0 heterocycles. The van der Waals surface area contributed by atoms with E-state index in [1.165, 1.54) is 0 Å². The minimum Gasteiger partial charge on any atom is -0.424 e. The summed E-state index contributed by atoms with van der Waals surface area (Å²) in [4.78, 5) is 11.1. The molecule has 0 spiro atoms. The molecule has 0 saturated heterocycles. The van der Waals surface area contributed by atoms with Gasteiger partial charge in [-0.05, 0) is 12.8 Å². The summed E-state index contributed by atoms with van der Waals surface area (Å²) in [5.74, 6) is -9.47. The zero-order chi connectivity index (χ0) is 17.7. The van der Waals surface area contributed by atoms with Gasteiger partial charge in [-0.25, -0.2) is 22.4 Å². The lowest BCUT2D eigenvalue weighted by atomic mass is 10.1. The first-order valence-corrected chi connectivity index (χ1v) is 6.10. The van der Waals surface area contributed by atoms with E-state index in [1.807, 2.05) is 0 Å². The normalized spacial score (nSPS) is 15.8. The second-order valence-electron chi connectivity index (χ2n) is 4.23. The molecular formula is C11H14F8O3. The minimum atomic E-state index is -4.74. The molecule has 0 N–H and O–H groups in total. The van der Waals surface area contributed by atoms with Crippen LogP contribution in [-0.4, -0.2) is 43.1 Å². The monoisotopic (exact) mass is 346 g/mol. The van der Waals surface area contributed by atoms with Crippen molar-refractivity contribution in [1.29, 1.82) is 0 Å². The highest BCUT2D eigenvalue weighted by atomic mass is 19.3. The summed E-state index contributed by atoms with van der Waals surface area (Å²) in [5.41, 5.74) is 0. The van der Waals surface area contributed by atoms with E-state index in [0.29, 0.717) is 0 Å². The molecule has 0 radical (unpaired) electrons. The van der Waals surface area contributed by atoms with Crippen LogP contribution >= 0.6 is 0 Å². The lowest BCUT2D eigenvalue weighted by Gasteiger charge is -2.28. The van der Waals surface area contributed by atoms with Crippen LogP contribution in [0.15, 0.2) is 0 Å². The second-order valence-corrected chi connectivity index (χ2v) is 4.23. The van der Waals surface area contributed by atoms with E-state index in [0.717, 1.165) is 13.8 Å². The summed E-state index contributed by atoms with van der Waals surface area (Å²) in [6.45, 7) is 1.94. The summed E-state index contributed by atoms with van der Waals surface area (Å²) in [7, 11) is 0. The van der Waals surface area contributed by atoms with E-state index >= 15 is 0 Å². The van der Waals surface area contributed by atoms with Crippen LogP contribution in [0.1, 0.15) is 26.7 Å². The second kappa shape index (κ2) is 7.82. The Labute approximate surface area is 120 Å². The van der Waals surface area contributed by atoms with E-state index in [9.17, 15) is 39.9 Å². The smallest absolute Gasteiger partial charge is 0.424 e. The Morgan fingerprint density at radius 3 is 1.27 bits per heavy atom. The summed E-state index contributed by atoms with van der Waals surface area (Å²) in [6.07, 6.45) is -17.3. The fourth-order valence-corrected chi connectivity index (χ4v) is 1.41. The Bertz CT molecular complexity index is 329. The van der Waals surface area contributed by atoms with Gasteiger partial charge in [0.15, 0.2) is 12.2 Å². The largest absolute Gasteiger partial charge is 0.509 e. The van der Waals surface area contributed by atoms with Crippen molar-refractivity contribution in [2.24, 2.45) is 0 Å². The predicted molar refractivity (Wildman–Crippen MR) is 57.6 cm³/mol. The highest BCUT2D eigenvalue weighted by Crippen LogP contribution is 2.33. The maximum atomic E-state index is 13.0. The Morgan fingerprint density at radius 1 is 0.818 bits per heavy atom. The minimum absolute atomic E-state index is 0.769. The van der Waals surface area contributed by atoms with Gasteiger partial charge in [0.2, 0.25) is 0 Å². The van der Waals surface area contributed by atoms with Crippen LogP contribution in [-0.2, 0) is 9.47 Å². The predicted octanol–water partition coefficient (Wildman–Crippen LogP) is 4.50. The number of carbonyl (C=O) groups is 1. The van der Waals surface area contributed by atoms with Crippen molar-refractivity contribution < 1.29 is 49.4 Å². The third kappa shape index (κ3) is 4.87. The number of hydrogen-bond acceptors (Lipinski definition) is 3. The van der Waals surface area contributed by atoms with Crippen molar-refractivity contribution >= 4 is 6.16 Å².